The van der Waals surface area contributed by atoms with Crippen molar-refractivity contribution in [2.75, 3.05) is 0 Å². The maximum absolute atomic E-state index is 4.78. The van der Waals surface area contributed by atoms with Crippen LogP contribution in [0.4, 0.5) is 0 Å². The van der Waals surface area contributed by atoms with Crippen molar-refractivity contribution >= 4 is 11.3 Å². The lowest BCUT2D eigenvalue weighted by Crippen LogP contribution is -1.95. The van der Waals surface area contributed by atoms with Crippen LogP contribution in [-0.4, -0.2) is 4.98 Å². The zero-order valence-electron chi connectivity index (χ0n) is 10.6. The number of thiazole rings is 1. The summed E-state index contributed by atoms with van der Waals surface area (Å²) >= 11 is 1.82. The Bertz CT molecular complexity index is 360. The van der Waals surface area contributed by atoms with Crippen molar-refractivity contribution in [3.63, 3.8) is 0 Å². The highest BCUT2D eigenvalue weighted by Gasteiger charge is 2.66. The Kier molecular flexibility index (Phi) is 2.27. The molecule has 1 aromatic rings. The normalized spacial score (nSPS) is 23.4. The average molecular weight is 223 g/mol. The molecule has 1 fully saturated rings. The molecule has 0 aliphatic heterocycles. The maximum Gasteiger partial charge on any atom is 0.0953 e. The second-order valence-corrected chi connectivity index (χ2v) is 7.03. The fourth-order valence-corrected chi connectivity index (χ4v) is 3.49. The molecule has 0 bridgehead atoms. The van der Waals surface area contributed by atoms with E-state index in [1.807, 2.05) is 11.3 Å². The molecule has 0 atom stereocenters. The van der Waals surface area contributed by atoms with Crippen molar-refractivity contribution in [3.05, 3.63) is 16.1 Å². The van der Waals surface area contributed by atoms with Gasteiger partial charge in [0.1, 0.15) is 0 Å². The molecule has 2 rings (SSSR count). The van der Waals surface area contributed by atoms with Gasteiger partial charge in [-0.3, -0.25) is 0 Å². The number of nitrogens with zero attached hydrogens (tertiary/aromatic N) is 1. The second-order valence-electron chi connectivity index (χ2n) is 6.14. The lowest BCUT2D eigenvalue weighted by molar-refractivity contribution is 0.457. The first-order valence-corrected chi connectivity index (χ1v) is 6.61. The van der Waals surface area contributed by atoms with Gasteiger partial charge in [0.05, 0.1) is 10.7 Å². The second kappa shape index (κ2) is 3.07. The SMILES string of the molecule is CC(C)c1nc(C2C(C)(C)C2(C)C)cs1. The summed E-state index contributed by atoms with van der Waals surface area (Å²) < 4.78 is 0. The van der Waals surface area contributed by atoms with E-state index in [1.54, 1.807) is 0 Å². The first kappa shape index (κ1) is 11.1. The van der Waals surface area contributed by atoms with Gasteiger partial charge < -0.3 is 0 Å². The molecule has 1 aliphatic rings. The van der Waals surface area contributed by atoms with Gasteiger partial charge in [-0.2, -0.15) is 0 Å². The molecular weight excluding hydrogens is 202 g/mol. The van der Waals surface area contributed by atoms with E-state index in [0.29, 0.717) is 22.7 Å². The van der Waals surface area contributed by atoms with Gasteiger partial charge in [-0.15, -0.1) is 11.3 Å². The topological polar surface area (TPSA) is 12.9 Å². The van der Waals surface area contributed by atoms with Gasteiger partial charge in [0.15, 0.2) is 0 Å². The molecule has 2 heteroatoms. The van der Waals surface area contributed by atoms with E-state index < -0.39 is 0 Å². The lowest BCUT2D eigenvalue weighted by atomic mass is 10.0. The van der Waals surface area contributed by atoms with Crippen LogP contribution in [0.3, 0.4) is 0 Å². The lowest BCUT2D eigenvalue weighted by Gasteiger charge is -2.03. The Morgan fingerprint density at radius 3 is 2.07 bits per heavy atom. The van der Waals surface area contributed by atoms with Gasteiger partial charge in [0.2, 0.25) is 0 Å². The third-order valence-electron chi connectivity index (χ3n) is 4.35. The van der Waals surface area contributed by atoms with Crippen molar-refractivity contribution in [2.24, 2.45) is 10.8 Å². The zero-order chi connectivity index (χ0) is 11.4. The Morgan fingerprint density at radius 1 is 1.20 bits per heavy atom. The van der Waals surface area contributed by atoms with E-state index >= 15 is 0 Å². The molecule has 1 aromatic heterocycles. The van der Waals surface area contributed by atoms with Crippen molar-refractivity contribution in [3.8, 4) is 0 Å². The molecule has 1 saturated carbocycles. The van der Waals surface area contributed by atoms with Crippen LogP contribution in [0, 0.1) is 10.8 Å². The highest BCUT2D eigenvalue weighted by Crippen LogP contribution is 2.73. The summed E-state index contributed by atoms with van der Waals surface area (Å²) in [6.07, 6.45) is 0. The van der Waals surface area contributed by atoms with Gasteiger partial charge in [-0.1, -0.05) is 41.5 Å². The van der Waals surface area contributed by atoms with E-state index in [9.17, 15) is 0 Å². The Labute approximate surface area is 96.9 Å². The molecule has 0 N–H and O–H groups in total. The molecule has 0 unspecified atom stereocenters. The number of hydrogen-bond donors (Lipinski definition) is 0. The third-order valence-corrected chi connectivity index (χ3v) is 5.51. The monoisotopic (exact) mass is 223 g/mol. The first-order valence-electron chi connectivity index (χ1n) is 5.74. The van der Waals surface area contributed by atoms with Crippen molar-refractivity contribution in [1.82, 2.24) is 4.98 Å². The molecular formula is C13H21NS. The van der Waals surface area contributed by atoms with E-state index in [2.05, 4.69) is 46.9 Å². The molecule has 0 saturated heterocycles. The van der Waals surface area contributed by atoms with E-state index in [1.165, 1.54) is 10.7 Å². The summed E-state index contributed by atoms with van der Waals surface area (Å²) in [6.45, 7) is 13.8. The summed E-state index contributed by atoms with van der Waals surface area (Å²) in [5.41, 5.74) is 2.14. The zero-order valence-corrected chi connectivity index (χ0v) is 11.4. The number of aromatic nitrogens is 1. The summed E-state index contributed by atoms with van der Waals surface area (Å²) in [5, 5.41) is 3.54. The Balaban J connectivity index is 2.26. The quantitative estimate of drug-likeness (QED) is 0.723. The van der Waals surface area contributed by atoms with Gasteiger partial charge in [0, 0.05) is 17.2 Å². The number of rotatable bonds is 2. The fourth-order valence-electron chi connectivity index (χ4n) is 2.63. The molecule has 1 nitrogen and oxygen atoms in total. The predicted molar refractivity (Wildman–Crippen MR) is 66.5 cm³/mol. The maximum atomic E-state index is 4.78. The molecule has 15 heavy (non-hydrogen) atoms. The summed E-state index contributed by atoms with van der Waals surface area (Å²) in [5.74, 6) is 1.21. The largest absolute Gasteiger partial charge is 0.246 e. The first-order chi connectivity index (χ1) is 6.78. The fraction of sp³-hybridized carbons (Fsp3) is 0.769. The Hall–Kier alpha value is -0.370. The standard InChI is InChI=1S/C13H21NS/c1-8(2)11-14-9(7-15-11)10-12(3,4)13(10,5)6/h7-8,10H,1-6H3. The van der Waals surface area contributed by atoms with Crippen LogP contribution in [-0.2, 0) is 0 Å². The van der Waals surface area contributed by atoms with Crippen molar-refractivity contribution in [1.29, 1.82) is 0 Å². The van der Waals surface area contributed by atoms with Crippen LogP contribution in [0.1, 0.15) is 64.1 Å². The molecule has 84 valence electrons. The highest BCUT2D eigenvalue weighted by atomic mass is 32.1. The summed E-state index contributed by atoms with van der Waals surface area (Å²) in [4.78, 5) is 4.78. The van der Waals surface area contributed by atoms with Crippen LogP contribution in [0.25, 0.3) is 0 Å². The summed E-state index contributed by atoms with van der Waals surface area (Å²) in [7, 11) is 0. The average Bonchev–Trinajstić information content (AvgIpc) is 2.52. The van der Waals surface area contributed by atoms with Crippen molar-refractivity contribution in [2.45, 2.75) is 53.4 Å². The van der Waals surface area contributed by atoms with Gasteiger partial charge in [-0.05, 0) is 10.8 Å². The van der Waals surface area contributed by atoms with E-state index in [-0.39, 0.29) is 0 Å². The Morgan fingerprint density at radius 2 is 1.73 bits per heavy atom. The molecule has 0 aromatic carbocycles. The molecule has 0 spiro atoms. The van der Waals surface area contributed by atoms with Crippen LogP contribution in [0.2, 0.25) is 0 Å². The molecule has 0 amide bonds. The van der Waals surface area contributed by atoms with E-state index in [4.69, 9.17) is 4.98 Å². The van der Waals surface area contributed by atoms with Crippen LogP contribution in [0.5, 0.6) is 0 Å². The van der Waals surface area contributed by atoms with Crippen LogP contribution < -0.4 is 0 Å². The number of hydrogen-bond acceptors (Lipinski definition) is 2. The van der Waals surface area contributed by atoms with Crippen molar-refractivity contribution < 1.29 is 0 Å². The third kappa shape index (κ3) is 1.45. The van der Waals surface area contributed by atoms with Crippen LogP contribution >= 0.6 is 11.3 Å². The summed E-state index contributed by atoms with van der Waals surface area (Å²) in [6, 6.07) is 0. The van der Waals surface area contributed by atoms with Crippen LogP contribution in [0.15, 0.2) is 5.38 Å². The van der Waals surface area contributed by atoms with E-state index in [0.717, 1.165) is 0 Å². The van der Waals surface area contributed by atoms with Gasteiger partial charge in [0.25, 0.3) is 0 Å². The van der Waals surface area contributed by atoms with Gasteiger partial charge >= 0.3 is 0 Å². The molecule has 0 radical (unpaired) electrons. The highest BCUT2D eigenvalue weighted by molar-refractivity contribution is 7.09. The smallest absolute Gasteiger partial charge is 0.0953 e. The predicted octanol–water partition coefficient (Wildman–Crippen LogP) is 4.42. The minimum Gasteiger partial charge on any atom is -0.246 e. The minimum absolute atomic E-state index is 0.412. The molecule has 1 aliphatic carbocycles. The minimum atomic E-state index is 0.412. The molecule has 1 heterocycles. The van der Waals surface area contributed by atoms with Gasteiger partial charge in [-0.25, -0.2) is 4.98 Å².